The number of nitrogens with one attached hydrogen (secondary N) is 1. The molecule has 0 saturated carbocycles. The lowest BCUT2D eigenvalue weighted by atomic mass is 10.2. The number of nitriles is 1. The van der Waals surface area contributed by atoms with E-state index in [2.05, 4.69) is 10.1 Å². The first-order valence-corrected chi connectivity index (χ1v) is 6.28. The molecule has 0 aliphatic rings. The monoisotopic (exact) mass is 287 g/mol. The zero-order valence-corrected chi connectivity index (χ0v) is 11.6. The minimum atomic E-state index is -0.569. The van der Waals surface area contributed by atoms with Gasteiger partial charge in [-0.2, -0.15) is 10.4 Å². The van der Waals surface area contributed by atoms with E-state index in [-0.39, 0.29) is 5.56 Å². The van der Waals surface area contributed by atoms with Crippen molar-refractivity contribution in [2.45, 2.75) is 6.92 Å². The number of hydrogen-bond acceptors (Lipinski definition) is 3. The van der Waals surface area contributed by atoms with Crippen LogP contribution < -0.4 is 0 Å². The number of halogens is 1. The summed E-state index contributed by atoms with van der Waals surface area (Å²) in [6.07, 6.45) is 0. The van der Waals surface area contributed by atoms with E-state index in [9.17, 15) is 4.39 Å². The number of H-pyrrole nitrogens is 1. The highest BCUT2D eigenvalue weighted by Gasteiger charge is 2.17. The van der Waals surface area contributed by atoms with Gasteiger partial charge in [-0.05, 0) is 31.3 Å². The van der Waals surface area contributed by atoms with E-state index in [1.54, 1.807) is 28.4 Å². The number of rotatable bonds is 1. The second kappa shape index (κ2) is 4.28. The first kappa shape index (κ1) is 12.6. The van der Waals surface area contributed by atoms with Crippen LogP contribution in [0.2, 0.25) is 0 Å². The van der Waals surface area contributed by atoms with Crippen molar-refractivity contribution < 1.29 is 4.39 Å². The standard InChI is InChI=1S/C13H10FN5S/c1-7-11-12(18(2)17-7)19(13(20)16-11)10-5-3-4-9(14)8(10)6-15/h3-5H,1-2H3,(H,16,20). The van der Waals surface area contributed by atoms with Crippen molar-refractivity contribution in [2.75, 3.05) is 0 Å². The van der Waals surface area contributed by atoms with Crippen molar-refractivity contribution in [3.8, 4) is 11.8 Å². The number of aryl methyl sites for hydroxylation is 2. The van der Waals surface area contributed by atoms with Crippen molar-refractivity contribution in [2.24, 2.45) is 7.05 Å². The third-order valence-corrected chi connectivity index (χ3v) is 3.47. The molecule has 0 radical (unpaired) electrons. The van der Waals surface area contributed by atoms with Crippen LogP contribution in [0.15, 0.2) is 18.2 Å². The third-order valence-electron chi connectivity index (χ3n) is 3.18. The Morgan fingerprint density at radius 2 is 2.20 bits per heavy atom. The summed E-state index contributed by atoms with van der Waals surface area (Å²) in [6, 6.07) is 6.35. The molecule has 1 aromatic carbocycles. The first-order chi connectivity index (χ1) is 9.54. The largest absolute Gasteiger partial charge is 0.327 e. The summed E-state index contributed by atoms with van der Waals surface area (Å²) in [6.45, 7) is 1.86. The highest BCUT2D eigenvalue weighted by Crippen LogP contribution is 2.24. The molecule has 100 valence electrons. The molecule has 3 aromatic rings. The first-order valence-electron chi connectivity index (χ1n) is 5.88. The topological polar surface area (TPSA) is 62.3 Å². The molecule has 2 aromatic heterocycles. The van der Waals surface area contributed by atoms with Crippen LogP contribution in [0.4, 0.5) is 4.39 Å². The molecule has 0 aliphatic heterocycles. The minimum Gasteiger partial charge on any atom is -0.327 e. The molecule has 0 spiro atoms. The Labute approximate surface area is 118 Å². The molecular weight excluding hydrogens is 277 g/mol. The Hall–Kier alpha value is -2.46. The maximum Gasteiger partial charge on any atom is 0.184 e. The van der Waals surface area contributed by atoms with Crippen LogP contribution in [0.1, 0.15) is 11.3 Å². The van der Waals surface area contributed by atoms with Gasteiger partial charge in [-0.1, -0.05) is 6.07 Å². The zero-order chi connectivity index (χ0) is 14.4. The Balaban J connectivity index is 2.48. The van der Waals surface area contributed by atoms with Gasteiger partial charge in [0.25, 0.3) is 0 Å². The van der Waals surface area contributed by atoms with Crippen molar-refractivity contribution in [1.29, 1.82) is 5.26 Å². The summed E-state index contributed by atoms with van der Waals surface area (Å²) in [4.78, 5) is 3.05. The van der Waals surface area contributed by atoms with Crippen LogP contribution >= 0.6 is 12.2 Å². The van der Waals surface area contributed by atoms with Crippen LogP contribution in [0, 0.1) is 28.8 Å². The molecule has 0 unspecified atom stereocenters. The Bertz CT molecular complexity index is 925. The number of hydrogen-bond donors (Lipinski definition) is 1. The van der Waals surface area contributed by atoms with Gasteiger partial charge in [0, 0.05) is 7.05 Å². The third kappa shape index (κ3) is 1.58. The van der Waals surface area contributed by atoms with E-state index >= 15 is 0 Å². The second-order valence-corrected chi connectivity index (χ2v) is 4.81. The van der Waals surface area contributed by atoms with Crippen LogP contribution in [-0.2, 0) is 7.05 Å². The highest BCUT2D eigenvalue weighted by atomic mass is 32.1. The smallest absolute Gasteiger partial charge is 0.184 e. The molecule has 3 rings (SSSR count). The number of nitrogens with zero attached hydrogens (tertiary/aromatic N) is 4. The maximum atomic E-state index is 13.8. The fraction of sp³-hybridized carbons (Fsp3) is 0.154. The van der Waals surface area contributed by atoms with Gasteiger partial charge in [0.2, 0.25) is 0 Å². The Kier molecular flexibility index (Phi) is 2.69. The van der Waals surface area contributed by atoms with Gasteiger partial charge in [-0.15, -0.1) is 0 Å². The summed E-state index contributed by atoms with van der Waals surface area (Å²) in [5, 5.41) is 13.5. The fourth-order valence-electron chi connectivity index (χ4n) is 2.34. The van der Waals surface area contributed by atoms with E-state index < -0.39 is 5.82 Å². The van der Waals surface area contributed by atoms with E-state index in [4.69, 9.17) is 17.5 Å². The molecule has 0 atom stereocenters. The van der Waals surface area contributed by atoms with Crippen LogP contribution in [-0.4, -0.2) is 19.3 Å². The van der Waals surface area contributed by atoms with Crippen molar-refractivity contribution in [3.63, 3.8) is 0 Å². The summed E-state index contributed by atoms with van der Waals surface area (Å²) in [5.41, 5.74) is 2.65. The predicted molar refractivity (Wildman–Crippen MR) is 74.6 cm³/mol. The van der Waals surface area contributed by atoms with Crippen LogP contribution in [0.5, 0.6) is 0 Å². The number of aromatic nitrogens is 4. The molecule has 1 N–H and O–H groups in total. The molecular formula is C13H10FN5S. The van der Waals surface area contributed by atoms with Crippen LogP contribution in [0.25, 0.3) is 16.9 Å². The maximum absolute atomic E-state index is 13.8. The van der Waals surface area contributed by atoms with Crippen molar-refractivity contribution in [3.05, 3.63) is 40.0 Å². The van der Waals surface area contributed by atoms with Gasteiger partial charge in [-0.25, -0.2) is 9.07 Å². The van der Waals surface area contributed by atoms with Gasteiger partial charge < -0.3 is 4.98 Å². The van der Waals surface area contributed by atoms with Gasteiger partial charge in [-0.3, -0.25) is 4.57 Å². The van der Waals surface area contributed by atoms with Gasteiger partial charge in [0.15, 0.2) is 10.4 Å². The molecule has 20 heavy (non-hydrogen) atoms. The predicted octanol–water partition coefficient (Wildman–Crippen LogP) is 2.74. The Morgan fingerprint density at radius 1 is 1.45 bits per heavy atom. The quantitative estimate of drug-likeness (QED) is 0.700. The van der Waals surface area contributed by atoms with Gasteiger partial charge >= 0.3 is 0 Å². The normalized spacial score (nSPS) is 10.9. The fourth-order valence-corrected chi connectivity index (χ4v) is 2.63. The molecule has 0 amide bonds. The van der Waals surface area contributed by atoms with Gasteiger partial charge in [0.05, 0.1) is 11.4 Å². The summed E-state index contributed by atoms with van der Waals surface area (Å²) in [7, 11) is 1.78. The van der Waals surface area contributed by atoms with E-state index in [0.717, 1.165) is 11.2 Å². The summed E-state index contributed by atoms with van der Waals surface area (Å²) >= 11 is 5.29. The number of aromatic amines is 1. The van der Waals surface area contributed by atoms with Crippen molar-refractivity contribution >= 4 is 23.4 Å². The van der Waals surface area contributed by atoms with E-state index in [0.29, 0.717) is 16.1 Å². The lowest BCUT2D eigenvalue weighted by Gasteiger charge is -2.07. The highest BCUT2D eigenvalue weighted by molar-refractivity contribution is 7.71. The molecule has 0 aliphatic carbocycles. The zero-order valence-electron chi connectivity index (χ0n) is 10.8. The summed E-state index contributed by atoms with van der Waals surface area (Å²) in [5.74, 6) is -0.569. The molecule has 0 bridgehead atoms. The SMILES string of the molecule is Cc1nn(C)c2c1[nH]c(=S)n2-c1cccc(F)c1C#N. The van der Waals surface area contributed by atoms with Crippen molar-refractivity contribution in [1.82, 2.24) is 19.3 Å². The lowest BCUT2D eigenvalue weighted by molar-refractivity contribution is 0.622. The second-order valence-electron chi connectivity index (χ2n) is 4.42. The molecule has 5 nitrogen and oxygen atoms in total. The molecule has 0 saturated heterocycles. The average molecular weight is 287 g/mol. The van der Waals surface area contributed by atoms with E-state index in [1.165, 1.54) is 6.07 Å². The summed E-state index contributed by atoms with van der Waals surface area (Å²) < 4.78 is 17.5. The van der Waals surface area contributed by atoms with Crippen LogP contribution in [0.3, 0.4) is 0 Å². The lowest BCUT2D eigenvalue weighted by Crippen LogP contribution is -2.04. The molecule has 7 heteroatoms. The number of benzene rings is 1. The van der Waals surface area contributed by atoms with Gasteiger partial charge in [0.1, 0.15) is 23.0 Å². The molecule has 2 heterocycles. The molecule has 0 fully saturated rings. The Morgan fingerprint density at radius 3 is 2.90 bits per heavy atom. The minimum absolute atomic E-state index is 0.0386. The average Bonchev–Trinajstić information content (AvgIpc) is 2.87. The van der Waals surface area contributed by atoms with E-state index in [1.807, 2.05) is 13.0 Å². The number of fused-ring (bicyclic) bond motifs is 1. The number of imidazole rings is 1.